The fourth-order valence-corrected chi connectivity index (χ4v) is 5.24. The Bertz CT molecular complexity index is 902. The Hall–Kier alpha value is -1.63. The molecule has 3 aromatic rings. The van der Waals surface area contributed by atoms with Crippen molar-refractivity contribution >= 4 is 55.5 Å². The van der Waals surface area contributed by atoms with E-state index in [1.807, 2.05) is 4.90 Å². The molecular formula is C18H18ClN3OS2. The van der Waals surface area contributed by atoms with E-state index in [2.05, 4.69) is 30.9 Å². The molecule has 4 nitrogen and oxygen atoms in total. The van der Waals surface area contributed by atoms with E-state index >= 15 is 0 Å². The number of thiophene rings is 1. The van der Waals surface area contributed by atoms with Crippen LogP contribution in [0.3, 0.4) is 0 Å². The second-order valence-corrected chi connectivity index (χ2v) is 8.95. The predicted molar refractivity (Wildman–Crippen MR) is 107 cm³/mol. The van der Waals surface area contributed by atoms with E-state index in [0.29, 0.717) is 22.3 Å². The number of hydrogen-bond donors (Lipinski definition) is 0. The molecule has 1 aliphatic rings. The second kappa shape index (κ2) is 6.59. The second-order valence-electron chi connectivity index (χ2n) is 6.26. The number of anilines is 1. The number of carbonyl (C=O) groups is 1. The molecule has 25 heavy (non-hydrogen) atoms. The Balaban J connectivity index is 1.49. The monoisotopic (exact) mass is 391 g/mol. The van der Waals surface area contributed by atoms with Crippen molar-refractivity contribution in [1.82, 2.24) is 9.88 Å². The number of rotatable bonds is 2. The van der Waals surface area contributed by atoms with E-state index in [9.17, 15) is 4.79 Å². The lowest BCUT2D eigenvalue weighted by atomic mass is 10.1. The van der Waals surface area contributed by atoms with Gasteiger partial charge < -0.3 is 9.80 Å². The lowest BCUT2D eigenvalue weighted by molar-refractivity contribution is 0.0751. The third-order valence-corrected chi connectivity index (χ3v) is 7.02. The molecule has 0 radical (unpaired) electrons. The van der Waals surface area contributed by atoms with E-state index in [1.165, 1.54) is 27.2 Å². The highest BCUT2D eigenvalue weighted by molar-refractivity contribution is 7.22. The SMILES string of the molecule is Cc1ccc(C)c2sc(N3CCN(C(=O)c4ccc(Cl)s4)CC3)nc12. The molecular weight excluding hydrogens is 374 g/mol. The van der Waals surface area contributed by atoms with Gasteiger partial charge in [-0.1, -0.05) is 35.1 Å². The van der Waals surface area contributed by atoms with Crippen LogP contribution in [0, 0.1) is 13.8 Å². The van der Waals surface area contributed by atoms with Crippen molar-refractivity contribution in [3.05, 3.63) is 44.6 Å². The van der Waals surface area contributed by atoms with Gasteiger partial charge in [0, 0.05) is 26.2 Å². The van der Waals surface area contributed by atoms with Gasteiger partial charge in [-0.2, -0.15) is 0 Å². The zero-order valence-corrected chi connectivity index (χ0v) is 16.5. The largest absolute Gasteiger partial charge is 0.345 e. The van der Waals surface area contributed by atoms with Crippen molar-refractivity contribution in [3.63, 3.8) is 0 Å². The number of aromatic nitrogens is 1. The summed E-state index contributed by atoms with van der Waals surface area (Å²) in [5.74, 6) is 0.0764. The van der Waals surface area contributed by atoms with E-state index in [0.717, 1.165) is 23.7 Å². The molecule has 7 heteroatoms. The summed E-state index contributed by atoms with van der Waals surface area (Å²) in [5.41, 5.74) is 3.59. The van der Waals surface area contributed by atoms with Crippen LogP contribution >= 0.6 is 34.3 Å². The molecule has 1 fully saturated rings. The highest BCUT2D eigenvalue weighted by Crippen LogP contribution is 2.33. The molecule has 0 aliphatic carbocycles. The molecule has 130 valence electrons. The maximum absolute atomic E-state index is 12.5. The standard InChI is InChI=1S/C18H18ClN3OS2/c1-11-3-4-12(2)16-15(11)20-18(25-16)22-9-7-21(8-10-22)17(23)13-5-6-14(19)24-13/h3-6H,7-10H2,1-2H3. The van der Waals surface area contributed by atoms with Gasteiger partial charge in [0.1, 0.15) is 0 Å². The molecule has 3 heterocycles. The minimum absolute atomic E-state index is 0.0764. The molecule has 0 atom stereocenters. The molecule has 1 amide bonds. The number of aryl methyl sites for hydroxylation is 2. The first-order valence-corrected chi connectivity index (χ1v) is 10.2. The number of carbonyl (C=O) groups excluding carboxylic acids is 1. The average molecular weight is 392 g/mol. The van der Waals surface area contributed by atoms with Crippen LogP contribution < -0.4 is 4.90 Å². The highest BCUT2D eigenvalue weighted by atomic mass is 35.5. The van der Waals surface area contributed by atoms with Gasteiger partial charge in [0.25, 0.3) is 5.91 Å². The number of nitrogens with zero attached hydrogens (tertiary/aromatic N) is 3. The predicted octanol–water partition coefficient (Wildman–Crippen LogP) is 4.59. The first-order valence-electron chi connectivity index (χ1n) is 8.19. The van der Waals surface area contributed by atoms with Crippen LogP contribution in [0.4, 0.5) is 5.13 Å². The van der Waals surface area contributed by atoms with Gasteiger partial charge >= 0.3 is 0 Å². The lowest BCUT2D eigenvalue weighted by Gasteiger charge is -2.34. The van der Waals surface area contributed by atoms with Crippen LogP contribution in [0.15, 0.2) is 24.3 Å². The molecule has 2 aromatic heterocycles. The first-order chi connectivity index (χ1) is 12.0. The molecule has 4 rings (SSSR count). The van der Waals surface area contributed by atoms with Gasteiger partial charge in [0.15, 0.2) is 5.13 Å². The fourth-order valence-electron chi connectivity index (χ4n) is 3.07. The summed E-state index contributed by atoms with van der Waals surface area (Å²) >= 11 is 9.04. The summed E-state index contributed by atoms with van der Waals surface area (Å²) in [6.07, 6.45) is 0. The normalized spacial score (nSPS) is 15.2. The molecule has 0 bridgehead atoms. The summed E-state index contributed by atoms with van der Waals surface area (Å²) in [5, 5.41) is 1.05. The van der Waals surface area contributed by atoms with Crippen LogP contribution in [0.25, 0.3) is 10.2 Å². The van der Waals surface area contributed by atoms with Crippen LogP contribution in [0.2, 0.25) is 4.34 Å². The van der Waals surface area contributed by atoms with Gasteiger partial charge in [-0.3, -0.25) is 4.79 Å². The van der Waals surface area contributed by atoms with E-state index < -0.39 is 0 Å². The van der Waals surface area contributed by atoms with Crippen molar-refractivity contribution in [2.24, 2.45) is 0 Å². The zero-order chi connectivity index (χ0) is 17.6. The Kier molecular flexibility index (Phi) is 4.43. The third kappa shape index (κ3) is 3.14. The van der Waals surface area contributed by atoms with Crippen LogP contribution in [-0.4, -0.2) is 42.0 Å². The summed E-state index contributed by atoms with van der Waals surface area (Å²) in [4.78, 5) is 22.3. The number of hydrogen-bond acceptors (Lipinski definition) is 5. The molecule has 1 aromatic carbocycles. The van der Waals surface area contributed by atoms with Crippen LogP contribution in [-0.2, 0) is 0 Å². The quantitative estimate of drug-likeness (QED) is 0.641. The van der Waals surface area contributed by atoms with Gasteiger partial charge in [0.2, 0.25) is 0 Å². The lowest BCUT2D eigenvalue weighted by Crippen LogP contribution is -2.48. The smallest absolute Gasteiger partial charge is 0.264 e. The molecule has 1 aliphatic heterocycles. The van der Waals surface area contributed by atoms with Gasteiger partial charge in [0.05, 0.1) is 19.4 Å². The summed E-state index contributed by atoms with van der Waals surface area (Å²) in [6.45, 7) is 7.27. The minimum atomic E-state index is 0.0764. The first kappa shape index (κ1) is 16.8. The minimum Gasteiger partial charge on any atom is -0.345 e. The van der Waals surface area contributed by atoms with Crippen molar-refractivity contribution in [3.8, 4) is 0 Å². The van der Waals surface area contributed by atoms with Crippen molar-refractivity contribution in [1.29, 1.82) is 0 Å². The molecule has 1 saturated heterocycles. The average Bonchev–Trinajstić information content (AvgIpc) is 3.25. The van der Waals surface area contributed by atoms with Crippen molar-refractivity contribution < 1.29 is 4.79 Å². The number of fused-ring (bicyclic) bond motifs is 1. The maximum atomic E-state index is 12.5. The zero-order valence-electron chi connectivity index (χ0n) is 14.1. The summed E-state index contributed by atoms with van der Waals surface area (Å²) in [7, 11) is 0. The number of piperazine rings is 1. The molecule has 0 spiro atoms. The number of amides is 1. The summed E-state index contributed by atoms with van der Waals surface area (Å²) < 4.78 is 1.92. The molecule has 0 saturated carbocycles. The van der Waals surface area contributed by atoms with Crippen molar-refractivity contribution in [2.45, 2.75) is 13.8 Å². The summed E-state index contributed by atoms with van der Waals surface area (Å²) in [6, 6.07) is 7.87. The number of benzene rings is 1. The van der Waals surface area contributed by atoms with E-state index in [1.54, 1.807) is 23.5 Å². The van der Waals surface area contributed by atoms with Crippen LogP contribution in [0.1, 0.15) is 20.8 Å². The van der Waals surface area contributed by atoms with E-state index in [-0.39, 0.29) is 5.91 Å². The van der Waals surface area contributed by atoms with E-state index in [4.69, 9.17) is 16.6 Å². The molecule has 0 N–H and O–H groups in total. The van der Waals surface area contributed by atoms with Crippen LogP contribution in [0.5, 0.6) is 0 Å². The number of thiazole rings is 1. The fraction of sp³-hybridized carbons (Fsp3) is 0.333. The van der Waals surface area contributed by atoms with Gasteiger partial charge in [-0.25, -0.2) is 4.98 Å². The number of halogens is 1. The van der Waals surface area contributed by atoms with Crippen molar-refractivity contribution in [2.75, 3.05) is 31.1 Å². The highest BCUT2D eigenvalue weighted by Gasteiger charge is 2.25. The Morgan fingerprint density at radius 3 is 2.40 bits per heavy atom. The Morgan fingerprint density at radius 1 is 1.04 bits per heavy atom. The maximum Gasteiger partial charge on any atom is 0.264 e. The Labute approximate surface area is 159 Å². The van der Waals surface area contributed by atoms with Gasteiger partial charge in [-0.05, 0) is 37.1 Å². The third-order valence-electron chi connectivity index (χ3n) is 4.55. The Morgan fingerprint density at radius 2 is 1.76 bits per heavy atom. The molecule has 0 unspecified atom stereocenters. The topological polar surface area (TPSA) is 36.4 Å². The van der Waals surface area contributed by atoms with Gasteiger partial charge in [-0.15, -0.1) is 11.3 Å².